The molecule has 2 aromatic carbocycles. The van der Waals surface area contributed by atoms with E-state index in [9.17, 15) is 9.18 Å². The summed E-state index contributed by atoms with van der Waals surface area (Å²) in [5.74, 6) is 0.123. The summed E-state index contributed by atoms with van der Waals surface area (Å²) in [5.41, 5.74) is 5.63. The molecule has 6 heteroatoms. The van der Waals surface area contributed by atoms with E-state index in [-0.39, 0.29) is 11.7 Å². The van der Waals surface area contributed by atoms with Crippen LogP contribution in [-0.4, -0.2) is 28.5 Å². The number of aliphatic imine (C=N–C) groups is 2. The molecule has 4 nitrogen and oxygen atoms in total. The summed E-state index contributed by atoms with van der Waals surface area (Å²) in [6.07, 6.45) is 5.05. The molecule has 1 aliphatic heterocycles. The largest absolute Gasteiger partial charge is 0.353 e. The molecular weight excluding hydrogens is 397 g/mol. The normalized spacial score (nSPS) is 16.5. The van der Waals surface area contributed by atoms with Crippen molar-refractivity contribution in [2.75, 3.05) is 5.75 Å². The standard InChI is InChI=1S/C24H26FN3OS/c1-15-11-21-22(12-16(15)2)28-24(30-14-23(29)26-19-5-3-4-6-19)13-20(27-21)17-7-9-18(25)10-8-17/h7-12,19H,3-6,13-14H2,1-2H3,(H,26,29). The van der Waals surface area contributed by atoms with Crippen LogP contribution in [0.4, 0.5) is 15.8 Å². The third-order valence-corrected chi connectivity index (χ3v) is 6.65. The molecule has 156 valence electrons. The Kier molecular flexibility index (Phi) is 6.32. The van der Waals surface area contributed by atoms with E-state index in [1.54, 1.807) is 12.1 Å². The number of halogens is 1. The molecular formula is C24H26FN3OS. The van der Waals surface area contributed by atoms with Gasteiger partial charge in [-0.2, -0.15) is 0 Å². The van der Waals surface area contributed by atoms with Gasteiger partial charge in [-0.05, 0) is 67.6 Å². The number of thioether (sulfide) groups is 1. The minimum absolute atomic E-state index is 0.0550. The van der Waals surface area contributed by atoms with Gasteiger partial charge in [-0.25, -0.2) is 9.38 Å². The average molecular weight is 424 g/mol. The van der Waals surface area contributed by atoms with E-state index in [2.05, 4.69) is 19.2 Å². The third kappa shape index (κ3) is 4.98. The number of carbonyl (C=O) groups excluding carboxylic acids is 1. The second-order valence-corrected chi connectivity index (χ2v) is 9.06. The molecule has 0 atom stereocenters. The zero-order chi connectivity index (χ0) is 21.1. The zero-order valence-electron chi connectivity index (χ0n) is 17.4. The molecule has 1 saturated carbocycles. The molecule has 30 heavy (non-hydrogen) atoms. The van der Waals surface area contributed by atoms with Crippen molar-refractivity contribution in [2.24, 2.45) is 9.98 Å². The molecule has 2 aliphatic rings. The van der Waals surface area contributed by atoms with E-state index >= 15 is 0 Å². The van der Waals surface area contributed by atoms with Crippen LogP contribution in [0, 0.1) is 19.7 Å². The summed E-state index contributed by atoms with van der Waals surface area (Å²) in [4.78, 5) is 22.1. The Morgan fingerprint density at radius 2 is 1.70 bits per heavy atom. The van der Waals surface area contributed by atoms with Crippen LogP contribution in [0.2, 0.25) is 0 Å². The maximum atomic E-state index is 13.4. The van der Waals surface area contributed by atoms with Crippen LogP contribution in [0.1, 0.15) is 48.8 Å². The Bertz CT molecular complexity index is 1010. The highest BCUT2D eigenvalue weighted by Crippen LogP contribution is 2.36. The summed E-state index contributed by atoms with van der Waals surface area (Å²) in [6.45, 7) is 4.11. The van der Waals surface area contributed by atoms with Gasteiger partial charge in [0, 0.05) is 12.5 Å². The van der Waals surface area contributed by atoms with Crippen molar-refractivity contribution in [3.63, 3.8) is 0 Å². The molecule has 0 aromatic heterocycles. The minimum atomic E-state index is -0.272. The fraction of sp³-hybridized carbons (Fsp3) is 0.375. The summed E-state index contributed by atoms with van der Waals surface area (Å²) in [7, 11) is 0. The van der Waals surface area contributed by atoms with Gasteiger partial charge in [0.15, 0.2) is 0 Å². The third-order valence-electron chi connectivity index (χ3n) is 5.68. The second kappa shape index (κ2) is 9.13. The minimum Gasteiger partial charge on any atom is -0.353 e. The first-order valence-corrected chi connectivity index (χ1v) is 11.4. The smallest absolute Gasteiger partial charge is 0.230 e. The van der Waals surface area contributed by atoms with E-state index in [1.165, 1.54) is 36.7 Å². The van der Waals surface area contributed by atoms with Gasteiger partial charge in [-0.1, -0.05) is 25.0 Å². The van der Waals surface area contributed by atoms with Gasteiger partial charge < -0.3 is 5.32 Å². The molecule has 0 radical (unpaired) electrons. The van der Waals surface area contributed by atoms with E-state index in [0.29, 0.717) is 18.2 Å². The first-order chi connectivity index (χ1) is 14.5. The highest BCUT2D eigenvalue weighted by molar-refractivity contribution is 8.14. The van der Waals surface area contributed by atoms with Gasteiger partial charge >= 0.3 is 0 Å². The lowest BCUT2D eigenvalue weighted by Crippen LogP contribution is -2.34. The Hall–Kier alpha value is -2.47. The first kappa shape index (κ1) is 20.8. The second-order valence-electron chi connectivity index (χ2n) is 8.01. The van der Waals surface area contributed by atoms with Gasteiger partial charge in [0.1, 0.15) is 5.82 Å². The molecule has 1 N–H and O–H groups in total. The van der Waals surface area contributed by atoms with E-state index in [4.69, 9.17) is 9.98 Å². The molecule has 2 aromatic rings. The number of benzene rings is 2. The highest BCUT2D eigenvalue weighted by atomic mass is 32.2. The summed E-state index contributed by atoms with van der Waals surface area (Å²) >= 11 is 1.46. The van der Waals surface area contributed by atoms with Crippen molar-refractivity contribution in [2.45, 2.75) is 52.0 Å². The van der Waals surface area contributed by atoms with Gasteiger partial charge in [-0.3, -0.25) is 9.79 Å². The average Bonchev–Trinajstić information content (AvgIpc) is 3.16. The molecule has 1 fully saturated rings. The van der Waals surface area contributed by atoms with Crippen molar-refractivity contribution >= 4 is 39.8 Å². The van der Waals surface area contributed by atoms with E-state index in [1.807, 2.05) is 12.1 Å². The Labute approximate surface area is 181 Å². The van der Waals surface area contributed by atoms with Crippen molar-refractivity contribution in [3.05, 3.63) is 58.9 Å². The first-order valence-electron chi connectivity index (χ1n) is 10.4. The number of hydrogen-bond donors (Lipinski definition) is 1. The number of aryl methyl sites for hydroxylation is 2. The van der Waals surface area contributed by atoms with Gasteiger partial charge in [0.05, 0.1) is 27.9 Å². The van der Waals surface area contributed by atoms with Crippen molar-refractivity contribution in [1.82, 2.24) is 5.32 Å². The van der Waals surface area contributed by atoms with Crippen molar-refractivity contribution in [1.29, 1.82) is 0 Å². The molecule has 1 amide bonds. The van der Waals surface area contributed by atoms with Crippen LogP contribution in [0.15, 0.2) is 46.4 Å². The quantitative estimate of drug-likeness (QED) is 0.677. The van der Waals surface area contributed by atoms with Gasteiger partial charge in [0.25, 0.3) is 0 Å². The van der Waals surface area contributed by atoms with Crippen LogP contribution in [0.5, 0.6) is 0 Å². The monoisotopic (exact) mass is 423 g/mol. The Balaban J connectivity index is 1.58. The van der Waals surface area contributed by atoms with Crippen LogP contribution >= 0.6 is 11.8 Å². The number of amides is 1. The number of nitrogens with one attached hydrogen (secondary N) is 1. The number of rotatable bonds is 4. The maximum absolute atomic E-state index is 13.4. The topological polar surface area (TPSA) is 53.8 Å². The van der Waals surface area contributed by atoms with Crippen molar-refractivity contribution in [3.8, 4) is 0 Å². The number of nitrogens with zero attached hydrogens (tertiary/aromatic N) is 2. The molecule has 1 aliphatic carbocycles. The Morgan fingerprint density at radius 3 is 2.37 bits per heavy atom. The number of fused-ring (bicyclic) bond motifs is 1. The Morgan fingerprint density at radius 1 is 1.07 bits per heavy atom. The predicted molar refractivity (Wildman–Crippen MR) is 123 cm³/mol. The highest BCUT2D eigenvalue weighted by Gasteiger charge is 2.20. The maximum Gasteiger partial charge on any atom is 0.230 e. The molecule has 1 heterocycles. The number of hydrogen-bond acceptors (Lipinski definition) is 4. The number of carbonyl (C=O) groups is 1. The fourth-order valence-corrected chi connectivity index (χ4v) is 4.63. The molecule has 0 unspecified atom stereocenters. The van der Waals surface area contributed by atoms with Crippen LogP contribution < -0.4 is 5.32 Å². The summed E-state index contributed by atoms with van der Waals surface area (Å²) in [5, 5.41) is 3.98. The predicted octanol–water partition coefficient (Wildman–Crippen LogP) is 5.79. The lowest BCUT2D eigenvalue weighted by atomic mass is 10.1. The fourth-order valence-electron chi connectivity index (χ4n) is 3.85. The lowest BCUT2D eigenvalue weighted by molar-refractivity contribution is -0.119. The molecule has 0 bridgehead atoms. The lowest BCUT2D eigenvalue weighted by Gasteiger charge is -2.12. The zero-order valence-corrected chi connectivity index (χ0v) is 18.2. The summed E-state index contributed by atoms with van der Waals surface area (Å²) in [6, 6.07) is 10.8. The van der Waals surface area contributed by atoms with Crippen molar-refractivity contribution < 1.29 is 9.18 Å². The van der Waals surface area contributed by atoms with Gasteiger partial charge in [0.2, 0.25) is 5.91 Å². The van der Waals surface area contributed by atoms with E-state index in [0.717, 1.165) is 51.7 Å². The SMILES string of the molecule is Cc1cc2c(cc1C)N=C(c1ccc(F)cc1)CC(SCC(=O)NC1CCCC1)=N2. The van der Waals surface area contributed by atoms with Gasteiger partial charge in [-0.15, -0.1) is 11.8 Å². The van der Waals surface area contributed by atoms with E-state index < -0.39 is 0 Å². The molecule has 0 spiro atoms. The molecule has 0 saturated heterocycles. The van der Waals surface area contributed by atoms with Crippen LogP contribution in [-0.2, 0) is 4.79 Å². The molecule has 4 rings (SSSR count). The summed E-state index contributed by atoms with van der Waals surface area (Å²) < 4.78 is 13.4. The van der Waals surface area contributed by atoms with Crippen LogP contribution in [0.25, 0.3) is 0 Å². The van der Waals surface area contributed by atoms with Crippen LogP contribution in [0.3, 0.4) is 0 Å².